The first-order valence-electron chi connectivity index (χ1n) is 8.39. The summed E-state index contributed by atoms with van der Waals surface area (Å²) in [5, 5.41) is 0.673. The molecule has 0 aliphatic rings. The van der Waals surface area contributed by atoms with Crippen LogP contribution in [0.1, 0.15) is 19.2 Å². The zero-order valence-electron chi connectivity index (χ0n) is 14.8. The van der Waals surface area contributed by atoms with Gasteiger partial charge in [-0.1, -0.05) is 37.3 Å². The van der Waals surface area contributed by atoms with Crippen molar-refractivity contribution in [1.82, 2.24) is 14.9 Å². The summed E-state index contributed by atoms with van der Waals surface area (Å²) in [5.41, 5.74) is 1.07. The Hall–Kier alpha value is -1.63. The van der Waals surface area contributed by atoms with E-state index < -0.39 is 0 Å². The van der Waals surface area contributed by atoms with Crippen LogP contribution in [0.2, 0.25) is 0 Å². The third kappa shape index (κ3) is 4.14. The molecule has 3 aromatic rings. The van der Waals surface area contributed by atoms with Crippen LogP contribution in [-0.2, 0) is 6.54 Å². The minimum absolute atomic E-state index is 0.0512. The lowest BCUT2D eigenvalue weighted by Crippen LogP contribution is -2.33. The summed E-state index contributed by atoms with van der Waals surface area (Å²) < 4.78 is 0. The molecule has 25 heavy (non-hydrogen) atoms. The van der Waals surface area contributed by atoms with Crippen LogP contribution in [-0.4, -0.2) is 40.0 Å². The Balaban J connectivity index is 1.90. The van der Waals surface area contributed by atoms with Gasteiger partial charge in [-0.05, 0) is 31.4 Å². The number of aromatic amines is 1. The molecular formula is C19H23N3OS2. The van der Waals surface area contributed by atoms with Gasteiger partial charge in [-0.3, -0.25) is 9.69 Å². The van der Waals surface area contributed by atoms with Crippen LogP contribution in [0.15, 0.2) is 41.2 Å². The lowest BCUT2D eigenvalue weighted by Gasteiger charge is -2.25. The fourth-order valence-electron chi connectivity index (χ4n) is 2.91. The van der Waals surface area contributed by atoms with Crippen molar-refractivity contribution < 1.29 is 0 Å². The lowest BCUT2D eigenvalue weighted by atomic mass is 10.2. The lowest BCUT2D eigenvalue weighted by molar-refractivity contribution is 0.242. The van der Waals surface area contributed by atoms with Crippen LogP contribution in [0.4, 0.5) is 0 Å². The second-order valence-electron chi connectivity index (χ2n) is 6.14. The second kappa shape index (κ2) is 8.17. The smallest absolute Gasteiger partial charge is 0.259 e. The predicted molar refractivity (Wildman–Crippen MR) is 110 cm³/mol. The third-order valence-electron chi connectivity index (χ3n) is 4.36. The Morgan fingerprint density at radius 3 is 2.76 bits per heavy atom. The molecule has 0 unspecified atom stereocenters. The average Bonchev–Trinajstić information content (AvgIpc) is 3.05. The van der Waals surface area contributed by atoms with E-state index in [2.05, 4.69) is 42.2 Å². The average molecular weight is 374 g/mol. The number of H-pyrrole nitrogens is 1. The summed E-state index contributed by atoms with van der Waals surface area (Å²) in [6.45, 7) is 2.85. The molecule has 0 fully saturated rings. The second-order valence-corrected chi connectivity index (χ2v) is 8.08. The molecule has 0 bridgehead atoms. The maximum absolute atomic E-state index is 12.5. The minimum Gasteiger partial charge on any atom is -0.309 e. The number of hydrogen-bond acceptors (Lipinski definition) is 5. The molecular weight excluding hydrogens is 350 g/mol. The van der Waals surface area contributed by atoms with E-state index in [1.165, 1.54) is 0 Å². The van der Waals surface area contributed by atoms with Gasteiger partial charge in [-0.25, -0.2) is 4.98 Å². The first-order valence-corrected chi connectivity index (χ1v) is 10.6. The Bertz CT molecular complexity index is 889. The highest BCUT2D eigenvalue weighted by Crippen LogP contribution is 2.30. The van der Waals surface area contributed by atoms with Crippen LogP contribution in [0.5, 0.6) is 0 Å². The Morgan fingerprint density at radius 1 is 1.32 bits per heavy atom. The van der Waals surface area contributed by atoms with Crippen molar-refractivity contribution in [3.8, 4) is 10.4 Å². The molecule has 2 aromatic heterocycles. The number of nitrogens with one attached hydrogen (secondary N) is 1. The van der Waals surface area contributed by atoms with Gasteiger partial charge >= 0.3 is 0 Å². The van der Waals surface area contributed by atoms with Gasteiger partial charge in [0.1, 0.15) is 10.7 Å². The minimum atomic E-state index is -0.0512. The number of nitrogens with zero attached hydrogens (tertiary/aromatic N) is 2. The molecule has 2 heterocycles. The van der Waals surface area contributed by atoms with E-state index in [1.807, 2.05) is 36.0 Å². The molecule has 1 aromatic carbocycles. The Morgan fingerprint density at radius 2 is 2.08 bits per heavy atom. The molecule has 0 saturated carbocycles. The Kier molecular flexibility index (Phi) is 5.93. The highest BCUT2D eigenvalue weighted by molar-refractivity contribution is 7.98. The summed E-state index contributed by atoms with van der Waals surface area (Å²) in [7, 11) is 2.10. The number of aromatic nitrogens is 2. The standard InChI is InChI=1S/C19H23N3OS2/c1-4-14(12-24-3)22(2)11-17-20-18(23)15-10-16(25-19(15)21-17)13-8-6-5-7-9-13/h5-10,14H,4,11-12H2,1-3H3,(H,20,21,23)/t14-/m0/s1. The molecule has 0 saturated heterocycles. The number of hydrogen-bond donors (Lipinski definition) is 1. The molecule has 132 valence electrons. The van der Waals surface area contributed by atoms with Crippen LogP contribution in [0.3, 0.4) is 0 Å². The summed E-state index contributed by atoms with van der Waals surface area (Å²) >= 11 is 3.42. The quantitative estimate of drug-likeness (QED) is 0.673. The zero-order chi connectivity index (χ0) is 17.8. The molecule has 1 atom stereocenters. The number of thiophene rings is 1. The van der Waals surface area contributed by atoms with Gasteiger partial charge in [0.25, 0.3) is 5.56 Å². The van der Waals surface area contributed by atoms with Gasteiger partial charge in [-0.15, -0.1) is 11.3 Å². The van der Waals surface area contributed by atoms with E-state index in [9.17, 15) is 4.79 Å². The molecule has 1 N–H and O–H groups in total. The van der Waals surface area contributed by atoms with E-state index in [1.54, 1.807) is 11.3 Å². The molecule has 3 rings (SSSR count). The first kappa shape index (κ1) is 18.2. The number of fused-ring (bicyclic) bond motifs is 1. The van der Waals surface area contributed by atoms with Crippen LogP contribution in [0, 0.1) is 0 Å². The van der Waals surface area contributed by atoms with Crippen molar-refractivity contribution >= 4 is 33.3 Å². The van der Waals surface area contributed by atoms with Crippen LogP contribution >= 0.6 is 23.1 Å². The highest BCUT2D eigenvalue weighted by atomic mass is 32.2. The maximum Gasteiger partial charge on any atom is 0.259 e. The van der Waals surface area contributed by atoms with E-state index in [-0.39, 0.29) is 5.56 Å². The van der Waals surface area contributed by atoms with Crippen molar-refractivity contribution in [1.29, 1.82) is 0 Å². The van der Waals surface area contributed by atoms with Crippen molar-refractivity contribution in [2.75, 3.05) is 19.1 Å². The maximum atomic E-state index is 12.5. The first-order chi connectivity index (χ1) is 12.1. The van der Waals surface area contributed by atoms with Gasteiger partial charge in [0, 0.05) is 16.7 Å². The van der Waals surface area contributed by atoms with Gasteiger partial charge < -0.3 is 4.98 Å². The monoisotopic (exact) mass is 373 g/mol. The fraction of sp³-hybridized carbons (Fsp3) is 0.368. The Labute approximate surface area is 156 Å². The van der Waals surface area contributed by atoms with Gasteiger partial charge in [0.2, 0.25) is 0 Å². The molecule has 6 heteroatoms. The van der Waals surface area contributed by atoms with E-state index in [0.717, 1.165) is 33.3 Å². The SMILES string of the molecule is CC[C@@H](CSC)N(C)Cc1nc2sc(-c3ccccc3)cc2c(=O)[nH]1. The fourth-order valence-corrected chi connectivity index (χ4v) is 4.84. The van der Waals surface area contributed by atoms with E-state index in [0.29, 0.717) is 18.0 Å². The predicted octanol–water partition coefficient (Wildman–Crippen LogP) is 4.23. The number of rotatable bonds is 7. The molecule has 0 aliphatic carbocycles. The number of benzene rings is 1. The van der Waals surface area contributed by atoms with Crippen molar-refractivity contribution in [3.63, 3.8) is 0 Å². The third-order valence-corrected chi connectivity index (χ3v) is 6.16. The van der Waals surface area contributed by atoms with Crippen molar-refractivity contribution in [2.45, 2.75) is 25.9 Å². The molecule has 0 radical (unpaired) electrons. The normalized spacial score (nSPS) is 12.8. The van der Waals surface area contributed by atoms with Crippen molar-refractivity contribution in [3.05, 3.63) is 52.6 Å². The van der Waals surface area contributed by atoms with Gasteiger partial charge in [0.15, 0.2) is 0 Å². The molecule has 0 aliphatic heterocycles. The molecule has 0 spiro atoms. The summed E-state index contributed by atoms with van der Waals surface area (Å²) in [6.07, 6.45) is 3.21. The molecule has 0 amide bonds. The zero-order valence-corrected chi connectivity index (χ0v) is 16.4. The summed E-state index contributed by atoms with van der Waals surface area (Å²) in [6, 6.07) is 12.6. The van der Waals surface area contributed by atoms with Crippen LogP contribution < -0.4 is 5.56 Å². The summed E-state index contributed by atoms with van der Waals surface area (Å²) in [5.74, 6) is 1.82. The largest absolute Gasteiger partial charge is 0.309 e. The summed E-state index contributed by atoms with van der Waals surface area (Å²) in [4.78, 5) is 24.3. The van der Waals surface area contributed by atoms with Gasteiger partial charge in [-0.2, -0.15) is 11.8 Å². The van der Waals surface area contributed by atoms with Crippen molar-refractivity contribution in [2.24, 2.45) is 0 Å². The van der Waals surface area contributed by atoms with E-state index >= 15 is 0 Å². The number of thioether (sulfide) groups is 1. The van der Waals surface area contributed by atoms with E-state index in [4.69, 9.17) is 4.98 Å². The molecule has 4 nitrogen and oxygen atoms in total. The van der Waals surface area contributed by atoms with Crippen LogP contribution in [0.25, 0.3) is 20.7 Å². The topological polar surface area (TPSA) is 49.0 Å². The van der Waals surface area contributed by atoms with Gasteiger partial charge in [0.05, 0.1) is 11.9 Å². The highest BCUT2D eigenvalue weighted by Gasteiger charge is 2.15.